The number of sulfonamides is 1. The van der Waals surface area contributed by atoms with Crippen LogP contribution in [0.2, 0.25) is 0 Å². The van der Waals surface area contributed by atoms with Gasteiger partial charge in [-0.25, -0.2) is 8.42 Å². The fourth-order valence-corrected chi connectivity index (χ4v) is 2.25. The SMILES string of the molecule is O=S(=O)(Nc1ccccc1)c1cccnc1. The second-order valence-corrected chi connectivity index (χ2v) is 4.84. The van der Waals surface area contributed by atoms with Gasteiger partial charge in [0, 0.05) is 18.1 Å². The molecule has 0 saturated carbocycles. The number of nitrogens with zero attached hydrogens (tertiary/aromatic N) is 1. The van der Waals surface area contributed by atoms with Gasteiger partial charge in [0.25, 0.3) is 10.0 Å². The zero-order valence-electron chi connectivity index (χ0n) is 8.37. The maximum Gasteiger partial charge on any atom is 0.263 e. The van der Waals surface area contributed by atoms with Crippen LogP contribution in [0.25, 0.3) is 0 Å². The minimum absolute atomic E-state index is 0.152. The predicted molar refractivity (Wildman–Crippen MR) is 61.5 cm³/mol. The van der Waals surface area contributed by atoms with Crippen LogP contribution in [0, 0.1) is 0 Å². The van der Waals surface area contributed by atoms with Crippen molar-refractivity contribution < 1.29 is 8.42 Å². The second-order valence-electron chi connectivity index (χ2n) is 3.16. The molecule has 5 heteroatoms. The summed E-state index contributed by atoms with van der Waals surface area (Å²) in [6.07, 6.45) is 2.84. The Morgan fingerprint density at radius 3 is 2.38 bits per heavy atom. The molecule has 1 aromatic carbocycles. The third-order valence-electron chi connectivity index (χ3n) is 1.97. The van der Waals surface area contributed by atoms with E-state index in [1.165, 1.54) is 18.5 Å². The van der Waals surface area contributed by atoms with Gasteiger partial charge >= 0.3 is 0 Å². The third-order valence-corrected chi connectivity index (χ3v) is 3.34. The number of hydrogen-bond acceptors (Lipinski definition) is 3. The Bertz CT molecular complexity index is 553. The highest BCUT2D eigenvalue weighted by Crippen LogP contribution is 2.13. The van der Waals surface area contributed by atoms with E-state index in [1.807, 2.05) is 6.07 Å². The molecule has 0 fully saturated rings. The Hall–Kier alpha value is -1.88. The minimum atomic E-state index is -3.53. The van der Waals surface area contributed by atoms with Crippen molar-refractivity contribution in [2.75, 3.05) is 4.72 Å². The molecule has 16 heavy (non-hydrogen) atoms. The first kappa shape index (κ1) is 10.6. The van der Waals surface area contributed by atoms with E-state index in [1.54, 1.807) is 30.3 Å². The number of nitrogens with one attached hydrogen (secondary N) is 1. The molecule has 0 spiro atoms. The molecule has 0 bridgehead atoms. The lowest BCUT2D eigenvalue weighted by atomic mass is 10.3. The third kappa shape index (κ3) is 2.38. The highest BCUT2D eigenvalue weighted by atomic mass is 32.2. The Labute approximate surface area is 94.0 Å². The van der Waals surface area contributed by atoms with Crippen LogP contribution in [0.1, 0.15) is 0 Å². The molecule has 4 nitrogen and oxygen atoms in total. The second kappa shape index (κ2) is 4.32. The molecule has 1 heterocycles. The van der Waals surface area contributed by atoms with Crippen molar-refractivity contribution in [1.29, 1.82) is 0 Å². The van der Waals surface area contributed by atoms with Gasteiger partial charge in [-0.05, 0) is 24.3 Å². The molecule has 0 atom stereocenters. The first-order valence-electron chi connectivity index (χ1n) is 4.66. The van der Waals surface area contributed by atoms with E-state index < -0.39 is 10.0 Å². The van der Waals surface area contributed by atoms with Gasteiger partial charge in [-0.2, -0.15) is 0 Å². The summed E-state index contributed by atoms with van der Waals surface area (Å²) < 4.78 is 26.2. The number of aromatic nitrogens is 1. The van der Waals surface area contributed by atoms with Gasteiger partial charge in [0.05, 0.1) is 0 Å². The van der Waals surface area contributed by atoms with Crippen molar-refractivity contribution in [1.82, 2.24) is 4.98 Å². The largest absolute Gasteiger partial charge is 0.280 e. The molecular formula is C11H10N2O2S. The number of benzene rings is 1. The molecule has 2 aromatic rings. The van der Waals surface area contributed by atoms with E-state index in [2.05, 4.69) is 9.71 Å². The maximum atomic E-state index is 11.9. The molecule has 1 N–H and O–H groups in total. The van der Waals surface area contributed by atoms with Gasteiger partial charge in [-0.3, -0.25) is 9.71 Å². The quantitative estimate of drug-likeness (QED) is 0.882. The van der Waals surface area contributed by atoms with Crippen LogP contribution < -0.4 is 4.72 Å². The molecule has 0 saturated heterocycles. The summed E-state index contributed by atoms with van der Waals surface area (Å²) in [5.74, 6) is 0. The molecule has 2 rings (SSSR count). The Kier molecular flexibility index (Phi) is 2.87. The fraction of sp³-hybridized carbons (Fsp3) is 0. The summed E-state index contributed by atoms with van der Waals surface area (Å²) in [5, 5.41) is 0. The van der Waals surface area contributed by atoms with Crippen LogP contribution in [0.15, 0.2) is 59.8 Å². The number of rotatable bonds is 3. The monoisotopic (exact) mass is 234 g/mol. The average molecular weight is 234 g/mol. The van der Waals surface area contributed by atoms with Crippen molar-refractivity contribution in [3.05, 3.63) is 54.9 Å². The molecule has 0 radical (unpaired) electrons. The molecule has 0 amide bonds. The van der Waals surface area contributed by atoms with E-state index in [0.29, 0.717) is 5.69 Å². The standard InChI is InChI=1S/C11H10N2O2S/c14-16(15,11-7-4-8-12-9-11)13-10-5-2-1-3-6-10/h1-9,13H. The normalized spacial score (nSPS) is 11.0. The summed E-state index contributed by atoms with van der Waals surface area (Å²) in [6, 6.07) is 11.8. The molecule has 0 aliphatic rings. The molecule has 1 aromatic heterocycles. The average Bonchev–Trinajstić information content (AvgIpc) is 2.31. The summed E-state index contributed by atoms with van der Waals surface area (Å²) in [7, 11) is -3.53. The highest BCUT2D eigenvalue weighted by molar-refractivity contribution is 7.92. The molecule has 0 aliphatic carbocycles. The van der Waals surface area contributed by atoms with Gasteiger partial charge in [0.15, 0.2) is 0 Å². The zero-order valence-corrected chi connectivity index (χ0v) is 9.18. The number of pyridine rings is 1. The van der Waals surface area contributed by atoms with E-state index in [4.69, 9.17) is 0 Å². The summed E-state index contributed by atoms with van der Waals surface area (Å²) >= 11 is 0. The number of hydrogen-bond donors (Lipinski definition) is 1. The van der Waals surface area contributed by atoms with Crippen LogP contribution >= 0.6 is 0 Å². The Balaban J connectivity index is 2.29. The van der Waals surface area contributed by atoms with Gasteiger partial charge in [-0.15, -0.1) is 0 Å². The topological polar surface area (TPSA) is 59.1 Å². The Morgan fingerprint density at radius 1 is 1.00 bits per heavy atom. The molecule has 0 aliphatic heterocycles. The van der Waals surface area contributed by atoms with Crippen LogP contribution in [0.5, 0.6) is 0 Å². The minimum Gasteiger partial charge on any atom is -0.280 e. The van der Waals surface area contributed by atoms with Crippen molar-refractivity contribution in [2.45, 2.75) is 4.90 Å². The van der Waals surface area contributed by atoms with Gasteiger partial charge < -0.3 is 0 Å². The van der Waals surface area contributed by atoms with Crippen molar-refractivity contribution in [3.63, 3.8) is 0 Å². The number of anilines is 1. The lowest BCUT2D eigenvalue weighted by Crippen LogP contribution is -2.12. The van der Waals surface area contributed by atoms with Crippen LogP contribution in [-0.4, -0.2) is 13.4 Å². The van der Waals surface area contributed by atoms with E-state index in [-0.39, 0.29) is 4.90 Å². The van der Waals surface area contributed by atoms with Crippen LogP contribution in [0.4, 0.5) is 5.69 Å². The lowest BCUT2D eigenvalue weighted by Gasteiger charge is -2.06. The zero-order chi connectivity index (χ0) is 11.4. The predicted octanol–water partition coefficient (Wildman–Crippen LogP) is 1.88. The molecular weight excluding hydrogens is 224 g/mol. The van der Waals surface area contributed by atoms with Crippen molar-refractivity contribution in [2.24, 2.45) is 0 Å². The fourth-order valence-electron chi connectivity index (χ4n) is 1.23. The first-order chi connectivity index (χ1) is 7.68. The van der Waals surface area contributed by atoms with Crippen LogP contribution in [0.3, 0.4) is 0 Å². The van der Waals surface area contributed by atoms with E-state index >= 15 is 0 Å². The van der Waals surface area contributed by atoms with Crippen molar-refractivity contribution in [3.8, 4) is 0 Å². The van der Waals surface area contributed by atoms with E-state index in [9.17, 15) is 8.42 Å². The highest BCUT2D eigenvalue weighted by Gasteiger charge is 2.13. The molecule has 82 valence electrons. The summed E-state index contributed by atoms with van der Waals surface area (Å²) in [4.78, 5) is 3.93. The lowest BCUT2D eigenvalue weighted by molar-refractivity contribution is 0.601. The summed E-state index contributed by atoms with van der Waals surface area (Å²) in [6.45, 7) is 0. The van der Waals surface area contributed by atoms with Gasteiger partial charge in [0.1, 0.15) is 4.90 Å². The van der Waals surface area contributed by atoms with Crippen molar-refractivity contribution >= 4 is 15.7 Å². The van der Waals surface area contributed by atoms with E-state index in [0.717, 1.165) is 0 Å². The van der Waals surface area contributed by atoms with Gasteiger partial charge in [0.2, 0.25) is 0 Å². The smallest absolute Gasteiger partial charge is 0.263 e. The Morgan fingerprint density at radius 2 is 1.75 bits per heavy atom. The maximum absolute atomic E-state index is 11.9. The first-order valence-corrected chi connectivity index (χ1v) is 6.15. The molecule has 0 unspecified atom stereocenters. The van der Waals surface area contributed by atoms with Gasteiger partial charge in [-0.1, -0.05) is 18.2 Å². The number of para-hydroxylation sites is 1. The summed E-state index contributed by atoms with van der Waals surface area (Å²) in [5.41, 5.74) is 0.534. The van der Waals surface area contributed by atoms with Crippen LogP contribution in [-0.2, 0) is 10.0 Å².